The molecule has 2 aromatic rings. The monoisotopic (exact) mass is 422 g/mol. The predicted molar refractivity (Wildman–Crippen MR) is 111 cm³/mol. The molecule has 0 bridgehead atoms. The molecule has 1 N–H and O–H groups in total. The van der Waals surface area contributed by atoms with Gasteiger partial charge in [0.2, 0.25) is 5.91 Å². The van der Waals surface area contributed by atoms with E-state index in [9.17, 15) is 13.2 Å². The van der Waals surface area contributed by atoms with Crippen molar-refractivity contribution in [1.82, 2.24) is 0 Å². The van der Waals surface area contributed by atoms with Gasteiger partial charge >= 0.3 is 0 Å². The molecule has 8 heteroatoms. The molecule has 1 saturated heterocycles. The van der Waals surface area contributed by atoms with Crippen LogP contribution in [0.25, 0.3) is 0 Å². The molecular weight excluding hydrogens is 400 g/mol. The second-order valence-electron chi connectivity index (χ2n) is 7.10. The lowest BCUT2D eigenvalue weighted by molar-refractivity contribution is -0.117. The van der Waals surface area contributed by atoms with Gasteiger partial charge in [0, 0.05) is 18.7 Å². The molecule has 0 unspecified atom stereocenters. The van der Waals surface area contributed by atoms with Crippen molar-refractivity contribution in [2.45, 2.75) is 31.6 Å². The highest BCUT2D eigenvalue weighted by Gasteiger charge is 2.22. The zero-order valence-corrected chi connectivity index (χ0v) is 17.4. The minimum atomic E-state index is -3.78. The van der Waals surface area contributed by atoms with Crippen LogP contribution in [0.4, 0.5) is 11.4 Å². The van der Waals surface area contributed by atoms with Gasteiger partial charge in [-0.2, -0.15) is 0 Å². The third-order valence-electron chi connectivity index (χ3n) is 4.29. The van der Waals surface area contributed by atoms with Gasteiger partial charge in [0.15, 0.2) is 0 Å². The maximum absolute atomic E-state index is 12.6. The number of nitrogens with zero attached hydrogens (tertiary/aromatic N) is 1. The van der Waals surface area contributed by atoms with E-state index < -0.39 is 10.0 Å². The first-order valence-corrected chi connectivity index (χ1v) is 11.0. The Balaban J connectivity index is 1.72. The van der Waals surface area contributed by atoms with E-state index in [0.717, 1.165) is 6.42 Å². The summed E-state index contributed by atoms with van der Waals surface area (Å²) >= 11 is 6.20. The van der Waals surface area contributed by atoms with Crippen LogP contribution in [0, 0.1) is 5.92 Å². The lowest BCUT2D eigenvalue weighted by Gasteiger charge is -2.16. The Hall–Kier alpha value is -2.25. The fraction of sp³-hybridized carbons (Fsp3) is 0.350. The average molecular weight is 423 g/mol. The summed E-state index contributed by atoms with van der Waals surface area (Å²) in [5.41, 5.74) is 1.05. The first-order valence-electron chi connectivity index (χ1n) is 9.12. The summed E-state index contributed by atoms with van der Waals surface area (Å²) in [4.78, 5) is 13.6. The molecule has 0 aliphatic carbocycles. The number of carbonyl (C=O) groups is 1. The van der Waals surface area contributed by atoms with E-state index in [1.165, 1.54) is 18.2 Å². The number of rotatable bonds is 7. The highest BCUT2D eigenvalue weighted by molar-refractivity contribution is 7.92. The van der Waals surface area contributed by atoms with Crippen LogP contribution in [-0.4, -0.2) is 27.5 Å². The van der Waals surface area contributed by atoms with E-state index in [4.69, 9.17) is 16.3 Å². The van der Waals surface area contributed by atoms with Gasteiger partial charge in [-0.15, -0.1) is 0 Å². The first-order chi connectivity index (χ1) is 13.3. The molecule has 1 aliphatic heterocycles. The molecule has 1 heterocycles. The van der Waals surface area contributed by atoms with Crippen molar-refractivity contribution < 1.29 is 17.9 Å². The number of amides is 1. The number of hydrogen-bond donors (Lipinski definition) is 1. The van der Waals surface area contributed by atoms with Crippen molar-refractivity contribution >= 4 is 38.9 Å². The highest BCUT2D eigenvalue weighted by Crippen LogP contribution is 2.30. The molecule has 2 aromatic carbocycles. The number of hydrogen-bond acceptors (Lipinski definition) is 4. The summed E-state index contributed by atoms with van der Waals surface area (Å²) in [7, 11) is -3.78. The quantitative estimate of drug-likeness (QED) is 0.721. The normalized spacial score (nSPS) is 14.6. The topological polar surface area (TPSA) is 75.7 Å². The number of halogens is 1. The van der Waals surface area contributed by atoms with Gasteiger partial charge in [-0.05, 0) is 54.8 Å². The minimum Gasteiger partial charge on any atom is -0.492 e. The Bertz CT molecular complexity index is 959. The maximum Gasteiger partial charge on any atom is 0.261 e. The summed E-state index contributed by atoms with van der Waals surface area (Å²) in [6.07, 6.45) is 1.34. The predicted octanol–water partition coefficient (Wildman–Crippen LogP) is 4.30. The summed E-state index contributed by atoms with van der Waals surface area (Å²) in [5, 5.41) is 0.337. The third kappa shape index (κ3) is 4.77. The molecular formula is C20H23ClN2O4S. The van der Waals surface area contributed by atoms with Gasteiger partial charge in [0.25, 0.3) is 10.0 Å². The van der Waals surface area contributed by atoms with Gasteiger partial charge in [0.05, 0.1) is 22.2 Å². The molecule has 0 aromatic heterocycles. The van der Waals surface area contributed by atoms with Gasteiger partial charge < -0.3 is 9.64 Å². The minimum absolute atomic E-state index is 0.0585. The Kier molecular flexibility index (Phi) is 6.15. The van der Waals surface area contributed by atoms with Gasteiger partial charge in [-0.1, -0.05) is 25.4 Å². The van der Waals surface area contributed by atoms with Crippen LogP contribution >= 0.6 is 11.6 Å². The van der Waals surface area contributed by atoms with Crippen molar-refractivity contribution in [2.75, 3.05) is 22.8 Å². The Morgan fingerprint density at radius 2 is 1.89 bits per heavy atom. The molecule has 0 spiro atoms. The fourth-order valence-corrected chi connectivity index (χ4v) is 4.16. The molecule has 0 saturated carbocycles. The molecule has 3 rings (SSSR count). The number of nitrogens with one attached hydrogen (secondary N) is 1. The van der Waals surface area contributed by atoms with E-state index in [1.54, 1.807) is 29.2 Å². The van der Waals surface area contributed by atoms with Gasteiger partial charge in [-0.25, -0.2) is 8.42 Å². The largest absolute Gasteiger partial charge is 0.492 e. The molecule has 1 aliphatic rings. The van der Waals surface area contributed by atoms with E-state index in [-0.39, 0.29) is 10.8 Å². The summed E-state index contributed by atoms with van der Waals surface area (Å²) < 4.78 is 33.4. The molecule has 28 heavy (non-hydrogen) atoms. The van der Waals surface area contributed by atoms with E-state index in [2.05, 4.69) is 4.72 Å². The standard InChI is InChI=1S/C20H23ClN2O4S/c1-14(2)13-27-19-10-5-15(12-18(19)21)22-28(25,26)17-8-6-16(7-9-17)23-11-3-4-20(23)24/h5-10,12,14,22H,3-4,11,13H2,1-2H3. The molecule has 0 radical (unpaired) electrons. The van der Waals surface area contributed by atoms with Crippen molar-refractivity contribution in [3.63, 3.8) is 0 Å². The number of benzene rings is 2. The van der Waals surface area contributed by atoms with Crippen LogP contribution in [0.3, 0.4) is 0 Å². The van der Waals surface area contributed by atoms with Crippen LogP contribution in [0.15, 0.2) is 47.4 Å². The van der Waals surface area contributed by atoms with Crippen LogP contribution in [0.5, 0.6) is 5.75 Å². The molecule has 6 nitrogen and oxygen atoms in total. The van der Waals surface area contributed by atoms with Crippen molar-refractivity contribution in [3.8, 4) is 5.75 Å². The summed E-state index contributed by atoms with van der Waals surface area (Å²) in [6.45, 7) is 5.24. The first kappa shape index (κ1) is 20.5. The summed E-state index contributed by atoms with van der Waals surface area (Å²) in [6, 6.07) is 11.0. The molecule has 150 valence electrons. The van der Waals surface area contributed by atoms with Gasteiger partial charge in [0.1, 0.15) is 5.75 Å². The third-order valence-corrected chi connectivity index (χ3v) is 5.98. The fourth-order valence-electron chi connectivity index (χ4n) is 2.88. The smallest absolute Gasteiger partial charge is 0.261 e. The second-order valence-corrected chi connectivity index (χ2v) is 9.19. The van der Waals surface area contributed by atoms with E-state index in [0.29, 0.717) is 47.6 Å². The number of ether oxygens (including phenoxy) is 1. The Labute approximate surface area is 170 Å². The van der Waals surface area contributed by atoms with E-state index in [1.807, 2.05) is 13.8 Å². The maximum atomic E-state index is 12.6. The summed E-state index contributed by atoms with van der Waals surface area (Å²) in [5.74, 6) is 0.925. The van der Waals surface area contributed by atoms with Gasteiger partial charge in [-0.3, -0.25) is 9.52 Å². The van der Waals surface area contributed by atoms with Crippen LogP contribution in [-0.2, 0) is 14.8 Å². The lowest BCUT2D eigenvalue weighted by atomic mass is 10.2. The SMILES string of the molecule is CC(C)COc1ccc(NS(=O)(=O)c2ccc(N3CCCC3=O)cc2)cc1Cl. The molecule has 1 fully saturated rings. The Morgan fingerprint density at radius 1 is 1.18 bits per heavy atom. The zero-order valence-electron chi connectivity index (χ0n) is 15.8. The lowest BCUT2D eigenvalue weighted by Crippen LogP contribution is -2.23. The van der Waals surface area contributed by atoms with Crippen molar-refractivity contribution in [3.05, 3.63) is 47.5 Å². The van der Waals surface area contributed by atoms with E-state index >= 15 is 0 Å². The molecule has 0 atom stereocenters. The van der Waals surface area contributed by atoms with Crippen molar-refractivity contribution in [1.29, 1.82) is 0 Å². The van der Waals surface area contributed by atoms with Crippen LogP contribution < -0.4 is 14.4 Å². The number of anilines is 2. The second kappa shape index (κ2) is 8.41. The highest BCUT2D eigenvalue weighted by atomic mass is 35.5. The number of carbonyl (C=O) groups excluding carboxylic acids is 1. The Morgan fingerprint density at radius 3 is 2.46 bits per heavy atom. The van der Waals surface area contributed by atoms with Crippen LogP contribution in [0.1, 0.15) is 26.7 Å². The number of sulfonamides is 1. The average Bonchev–Trinajstić information content (AvgIpc) is 3.06. The van der Waals surface area contributed by atoms with Crippen LogP contribution in [0.2, 0.25) is 5.02 Å². The zero-order chi connectivity index (χ0) is 20.3. The molecule has 1 amide bonds. The van der Waals surface area contributed by atoms with Crippen molar-refractivity contribution in [2.24, 2.45) is 5.92 Å².